The molecule has 2 rings (SSSR count). The van der Waals surface area contributed by atoms with Gasteiger partial charge in [0.05, 0.1) is 6.04 Å². The van der Waals surface area contributed by atoms with E-state index in [2.05, 4.69) is 10.6 Å². The number of hydrogen-bond acceptors (Lipinski definition) is 4. The van der Waals surface area contributed by atoms with Crippen LogP contribution in [0.25, 0.3) is 0 Å². The van der Waals surface area contributed by atoms with Crippen LogP contribution in [0.5, 0.6) is 0 Å². The van der Waals surface area contributed by atoms with E-state index in [9.17, 15) is 14.4 Å². The lowest BCUT2D eigenvalue weighted by Gasteiger charge is -2.23. The smallest absolute Gasteiger partial charge is 0.318 e. The molecule has 1 aromatic carbocycles. The second-order valence-electron chi connectivity index (χ2n) is 5.89. The molecule has 1 saturated carbocycles. The van der Waals surface area contributed by atoms with Crippen molar-refractivity contribution in [1.29, 1.82) is 0 Å². The molecule has 1 unspecified atom stereocenters. The third kappa shape index (κ3) is 5.07. The zero-order valence-electron chi connectivity index (χ0n) is 13.3. The maximum absolute atomic E-state index is 11.9. The number of nitrogens with one attached hydrogen (secondary N) is 2. The first kappa shape index (κ1) is 17.0. The Balaban J connectivity index is 1.90. The van der Waals surface area contributed by atoms with E-state index < -0.39 is 18.0 Å². The molecule has 4 amide bonds. The molecule has 0 heterocycles. The molecular weight excluding hydrogens is 296 g/mol. The molecule has 1 fully saturated rings. The summed E-state index contributed by atoms with van der Waals surface area (Å²) in [7, 11) is 1.78. The number of nitrogens with two attached hydrogens (primary N) is 1. The summed E-state index contributed by atoms with van der Waals surface area (Å²) in [6, 6.07) is 6.23. The number of nitrogens with zero attached hydrogens (tertiary/aromatic N) is 1. The molecule has 124 valence electrons. The van der Waals surface area contributed by atoms with E-state index in [0.29, 0.717) is 18.2 Å². The highest BCUT2D eigenvalue weighted by molar-refractivity contribution is 5.96. The summed E-state index contributed by atoms with van der Waals surface area (Å²) in [4.78, 5) is 36.1. The van der Waals surface area contributed by atoms with Gasteiger partial charge in [0, 0.05) is 18.2 Å². The number of likely N-dealkylation sites (N-methyl/N-ethyl adjacent to an activating group) is 1. The van der Waals surface area contributed by atoms with Crippen molar-refractivity contribution in [2.75, 3.05) is 7.05 Å². The van der Waals surface area contributed by atoms with Crippen molar-refractivity contribution in [3.63, 3.8) is 0 Å². The summed E-state index contributed by atoms with van der Waals surface area (Å²) >= 11 is 0. The number of imide groups is 1. The number of primary amides is 1. The van der Waals surface area contributed by atoms with Crippen LogP contribution in [-0.4, -0.2) is 41.9 Å². The summed E-state index contributed by atoms with van der Waals surface area (Å²) in [6.07, 6.45) is 2.11. The minimum Gasteiger partial charge on any atom is -0.351 e. The molecule has 0 aromatic heterocycles. The average molecular weight is 318 g/mol. The second-order valence-corrected chi connectivity index (χ2v) is 5.89. The summed E-state index contributed by atoms with van der Waals surface area (Å²) in [5, 5.41) is 5.00. The van der Waals surface area contributed by atoms with Gasteiger partial charge in [-0.15, -0.1) is 0 Å². The minimum atomic E-state index is -0.860. The van der Waals surface area contributed by atoms with Crippen LogP contribution in [0.2, 0.25) is 0 Å². The first-order chi connectivity index (χ1) is 10.9. The Hall–Kier alpha value is -2.41. The van der Waals surface area contributed by atoms with Crippen LogP contribution in [0.1, 0.15) is 35.7 Å². The fraction of sp³-hybridized carbons (Fsp3) is 0.438. The van der Waals surface area contributed by atoms with Crippen molar-refractivity contribution in [3.05, 3.63) is 35.4 Å². The van der Waals surface area contributed by atoms with Crippen molar-refractivity contribution < 1.29 is 14.4 Å². The molecule has 1 aromatic rings. The van der Waals surface area contributed by atoms with Crippen molar-refractivity contribution in [2.45, 2.75) is 38.4 Å². The first-order valence-corrected chi connectivity index (χ1v) is 7.57. The summed E-state index contributed by atoms with van der Waals surface area (Å²) in [5.74, 6) is -0.498. The lowest BCUT2D eigenvalue weighted by Crippen LogP contribution is -2.46. The van der Waals surface area contributed by atoms with Crippen LogP contribution in [0.4, 0.5) is 4.79 Å². The van der Waals surface area contributed by atoms with Crippen LogP contribution in [0.15, 0.2) is 24.3 Å². The van der Waals surface area contributed by atoms with Crippen LogP contribution in [-0.2, 0) is 11.3 Å². The highest BCUT2D eigenvalue weighted by Crippen LogP contribution is 2.19. The van der Waals surface area contributed by atoms with Gasteiger partial charge >= 0.3 is 6.03 Å². The Morgan fingerprint density at radius 1 is 1.26 bits per heavy atom. The Bertz CT molecular complexity index is 596. The van der Waals surface area contributed by atoms with Crippen LogP contribution in [0, 0.1) is 0 Å². The molecule has 4 N–H and O–H groups in total. The van der Waals surface area contributed by atoms with Gasteiger partial charge in [-0.2, -0.15) is 0 Å². The van der Waals surface area contributed by atoms with Crippen LogP contribution in [0.3, 0.4) is 0 Å². The Morgan fingerprint density at radius 3 is 2.39 bits per heavy atom. The maximum Gasteiger partial charge on any atom is 0.318 e. The van der Waals surface area contributed by atoms with Gasteiger partial charge in [0.15, 0.2) is 0 Å². The monoisotopic (exact) mass is 318 g/mol. The van der Waals surface area contributed by atoms with Crippen molar-refractivity contribution in [2.24, 2.45) is 5.73 Å². The number of benzene rings is 1. The lowest BCUT2D eigenvalue weighted by molar-refractivity contribution is -0.124. The zero-order chi connectivity index (χ0) is 17.0. The van der Waals surface area contributed by atoms with Gasteiger partial charge < -0.3 is 11.1 Å². The molecule has 7 nitrogen and oxygen atoms in total. The van der Waals surface area contributed by atoms with E-state index in [0.717, 1.165) is 18.4 Å². The fourth-order valence-electron chi connectivity index (χ4n) is 2.11. The quantitative estimate of drug-likeness (QED) is 0.714. The third-order valence-electron chi connectivity index (χ3n) is 3.85. The number of hydrogen-bond donors (Lipinski definition) is 3. The highest BCUT2D eigenvalue weighted by atomic mass is 16.2. The third-order valence-corrected chi connectivity index (χ3v) is 3.85. The fourth-order valence-corrected chi connectivity index (χ4v) is 2.11. The number of carbonyl (C=O) groups is 3. The maximum atomic E-state index is 11.9. The predicted octanol–water partition coefficient (Wildman–Crippen LogP) is 0.594. The Morgan fingerprint density at radius 2 is 1.87 bits per heavy atom. The van der Waals surface area contributed by atoms with E-state index in [1.165, 1.54) is 0 Å². The van der Waals surface area contributed by atoms with Crippen molar-refractivity contribution in [3.8, 4) is 0 Å². The standard InChI is InChI=1S/C16H22N4O3/c1-10(14(21)19-16(17)23)20(2)9-11-3-5-12(6-4-11)15(22)18-13-7-8-13/h3-6,10,13H,7-9H2,1-2H3,(H,18,22)(H3,17,19,21,23). The van der Waals surface area contributed by atoms with Gasteiger partial charge in [-0.1, -0.05) is 12.1 Å². The zero-order valence-corrected chi connectivity index (χ0v) is 13.3. The Labute approximate surface area is 135 Å². The molecule has 0 saturated heterocycles. The largest absolute Gasteiger partial charge is 0.351 e. The van der Waals surface area contributed by atoms with Gasteiger partial charge in [-0.05, 0) is 44.5 Å². The molecule has 23 heavy (non-hydrogen) atoms. The lowest BCUT2D eigenvalue weighted by atomic mass is 10.1. The summed E-state index contributed by atoms with van der Waals surface area (Å²) < 4.78 is 0. The van der Waals surface area contributed by atoms with Crippen LogP contribution >= 0.6 is 0 Å². The van der Waals surface area contributed by atoms with E-state index in [1.807, 2.05) is 12.1 Å². The van der Waals surface area contributed by atoms with Gasteiger partial charge in [0.25, 0.3) is 5.91 Å². The van der Waals surface area contributed by atoms with E-state index in [4.69, 9.17) is 5.73 Å². The van der Waals surface area contributed by atoms with Gasteiger partial charge in [0.1, 0.15) is 0 Å². The highest BCUT2D eigenvalue weighted by Gasteiger charge is 2.24. The topological polar surface area (TPSA) is 105 Å². The molecule has 0 radical (unpaired) electrons. The van der Waals surface area contributed by atoms with E-state index in [-0.39, 0.29) is 5.91 Å². The van der Waals surface area contributed by atoms with Crippen LogP contribution < -0.4 is 16.4 Å². The molecular formula is C16H22N4O3. The van der Waals surface area contributed by atoms with E-state index >= 15 is 0 Å². The minimum absolute atomic E-state index is 0.0541. The van der Waals surface area contributed by atoms with Crippen molar-refractivity contribution in [1.82, 2.24) is 15.5 Å². The molecule has 1 atom stereocenters. The van der Waals surface area contributed by atoms with Gasteiger partial charge in [-0.3, -0.25) is 19.8 Å². The number of amides is 4. The molecule has 0 spiro atoms. The first-order valence-electron chi connectivity index (χ1n) is 7.57. The molecule has 0 aliphatic heterocycles. The SMILES string of the molecule is CC(C(=O)NC(N)=O)N(C)Cc1ccc(C(=O)NC2CC2)cc1. The number of urea groups is 1. The van der Waals surface area contributed by atoms with Gasteiger partial charge in [-0.25, -0.2) is 4.79 Å². The number of rotatable bonds is 6. The normalized spacial score (nSPS) is 15.1. The molecule has 1 aliphatic carbocycles. The molecule has 7 heteroatoms. The van der Waals surface area contributed by atoms with E-state index in [1.54, 1.807) is 31.0 Å². The number of carbonyl (C=O) groups excluding carboxylic acids is 3. The van der Waals surface area contributed by atoms with Crippen molar-refractivity contribution >= 4 is 17.8 Å². The Kier molecular flexibility index (Phi) is 5.33. The van der Waals surface area contributed by atoms with Gasteiger partial charge in [0.2, 0.25) is 5.91 Å². The molecule has 0 bridgehead atoms. The second kappa shape index (κ2) is 7.23. The summed E-state index contributed by atoms with van der Waals surface area (Å²) in [6.45, 7) is 2.20. The summed E-state index contributed by atoms with van der Waals surface area (Å²) in [5.41, 5.74) is 6.53. The molecule has 1 aliphatic rings. The average Bonchev–Trinajstić information content (AvgIpc) is 3.30. The predicted molar refractivity (Wildman–Crippen MR) is 85.6 cm³/mol.